The van der Waals surface area contributed by atoms with E-state index in [-0.39, 0.29) is 23.7 Å². The van der Waals surface area contributed by atoms with Crippen LogP contribution in [-0.4, -0.2) is 41.1 Å². The molecule has 4 rings (SSSR count). The van der Waals surface area contributed by atoms with Crippen molar-refractivity contribution in [3.05, 3.63) is 65.7 Å². The fourth-order valence-corrected chi connectivity index (χ4v) is 4.53. The lowest BCUT2D eigenvalue weighted by Gasteiger charge is -2.11. The minimum Gasteiger partial charge on any atom is -0.477 e. The van der Waals surface area contributed by atoms with Crippen molar-refractivity contribution in [3.63, 3.8) is 0 Å². The third-order valence-electron chi connectivity index (χ3n) is 4.98. The zero-order chi connectivity index (χ0) is 24.3. The number of nitrogens with one attached hydrogen (secondary N) is 2. The molecule has 34 heavy (non-hydrogen) atoms. The summed E-state index contributed by atoms with van der Waals surface area (Å²) in [7, 11) is -3.45. The second kappa shape index (κ2) is 9.67. The number of nitrogens with zero attached hydrogens (tertiary/aromatic N) is 3. The molecule has 0 saturated heterocycles. The smallest absolute Gasteiger partial charge is 0.254 e. The van der Waals surface area contributed by atoms with Crippen molar-refractivity contribution in [2.45, 2.75) is 31.6 Å². The summed E-state index contributed by atoms with van der Waals surface area (Å²) in [5, 5.41) is 2.07. The highest BCUT2D eigenvalue weighted by molar-refractivity contribution is 7.93. The van der Waals surface area contributed by atoms with Gasteiger partial charge in [0.1, 0.15) is 0 Å². The summed E-state index contributed by atoms with van der Waals surface area (Å²) < 4.78 is 61.3. The lowest BCUT2D eigenvalue weighted by molar-refractivity contribution is 0.0945. The first-order valence-corrected chi connectivity index (χ1v) is 12.0. The SMILES string of the molecule is CCOc1cncc(-c2ccc(C(=O)NCc3cc(NS(=O)(=O)C4CC4)ccn3)c(F)c2F)n1. The normalized spacial score (nSPS) is 13.4. The minimum absolute atomic E-state index is 0.0592. The molecule has 1 aliphatic carbocycles. The number of ether oxygens (including phenoxy) is 1. The van der Waals surface area contributed by atoms with E-state index in [0.717, 1.165) is 6.07 Å². The van der Waals surface area contributed by atoms with Crippen LogP contribution >= 0.6 is 0 Å². The van der Waals surface area contributed by atoms with E-state index in [9.17, 15) is 22.0 Å². The highest BCUT2D eigenvalue weighted by Crippen LogP contribution is 2.30. The van der Waals surface area contributed by atoms with Crippen LogP contribution in [0.3, 0.4) is 0 Å². The van der Waals surface area contributed by atoms with Crippen LogP contribution in [0.5, 0.6) is 5.88 Å². The van der Waals surface area contributed by atoms with Gasteiger partial charge in [0.25, 0.3) is 5.91 Å². The lowest BCUT2D eigenvalue weighted by Crippen LogP contribution is -2.25. The molecule has 0 radical (unpaired) electrons. The molecule has 9 nitrogen and oxygen atoms in total. The van der Waals surface area contributed by atoms with Gasteiger partial charge in [0.2, 0.25) is 15.9 Å². The van der Waals surface area contributed by atoms with Crippen molar-refractivity contribution in [1.29, 1.82) is 0 Å². The van der Waals surface area contributed by atoms with Gasteiger partial charge in [-0.05, 0) is 44.0 Å². The lowest BCUT2D eigenvalue weighted by atomic mass is 10.1. The second-order valence-corrected chi connectivity index (χ2v) is 9.49. The molecular formula is C22H21F2N5O4S. The number of aromatic nitrogens is 3. The molecule has 0 bridgehead atoms. The minimum atomic E-state index is -3.45. The number of pyridine rings is 1. The van der Waals surface area contributed by atoms with Gasteiger partial charge in [-0.15, -0.1) is 0 Å². The third-order valence-corrected chi connectivity index (χ3v) is 6.85. The van der Waals surface area contributed by atoms with Crippen molar-refractivity contribution in [2.24, 2.45) is 0 Å². The number of hydrogen-bond donors (Lipinski definition) is 2. The van der Waals surface area contributed by atoms with E-state index in [0.29, 0.717) is 30.8 Å². The Morgan fingerprint density at radius 1 is 1.18 bits per heavy atom. The molecule has 1 aromatic carbocycles. The Kier molecular flexibility index (Phi) is 6.68. The number of amides is 1. The van der Waals surface area contributed by atoms with Gasteiger partial charge in [0, 0.05) is 11.8 Å². The largest absolute Gasteiger partial charge is 0.477 e. The van der Waals surface area contributed by atoms with Gasteiger partial charge >= 0.3 is 0 Å². The Morgan fingerprint density at radius 2 is 1.97 bits per heavy atom. The van der Waals surface area contributed by atoms with Crippen LogP contribution in [0, 0.1) is 11.6 Å². The molecular weight excluding hydrogens is 468 g/mol. The van der Waals surface area contributed by atoms with Gasteiger partial charge in [-0.3, -0.25) is 19.5 Å². The number of carbonyl (C=O) groups is 1. The molecule has 0 atom stereocenters. The Bertz CT molecular complexity index is 1330. The first-order chi connectivity index (χ1) is 16.3. The van der Waals surface area contributed by atoms with Crippen molar-refractivity contribution in [3.8, 4) is 17.1 Å². The third kappa shape index (κ3) is 5.28. The van der Waals surface area contributed by atoms with Gasteiger partial charge in [-0.2, -0.15) is 0 Å². The van der Waals surface area contributed by atoms with E-state index in [1.165, 1.54) is 36.8 Å². The number of rotatable bonds is 9. The molecule has 2 N–H and O–H groups in total. The van der Waals surface area contributed by atoms with Crippen LogP contribution in [0.1, 0.15) is 35.8 Å². The number of benzene rings is 1. The Hall–Kier alpha value is -3.67. The Morgan fingerprint density at radius 3 is 2.71 bits per heavy atom. The fraction of sp³-hybridized carbons (Fsp3) is 0.273. The summed E-state index contributed by atoms with van der Waals surface area (Å²) >= 11 is 0. The molecule has 0 aliphatic heterocycles. The van der Waals surface area contributed by atoms with Gasteiger partial charge in [-0.25, -0.2) is 22.2 Å². The average molecular weight is 490 g/mol. The molecule has 1 fully saturated rings. The summed E-state index contributed by atoms with van der Waals surface area (Å²) in [6.07, 6.45) is 5.24. The van der Waals surface area contributed by atoms with E-state index < -0.39 is 38.4 Å². The standard InChI is InChI=1S/C22H21F2N5O4S/c1-2-33-19-12-25-11-18(28-19)16-5-6-17(21(24)20(16)23)22(30)27-10-14-9-13(7-8-26-14)29-34(31,32)15-3-4-15/h5-9,11-12,15H,2-4,10H2,1H3,(H,26,29)(H,27,30). The van der Waals surface area contributed by atoms with E-state index in [1.807, 2.05) is 0 Å². The van der Waals surface area contributed by atoms with Gasteiger partial charge in [-0.1, -0.05) is 0 Å². The number of anilines is 1. The molecule has 1 amide bonds. The van der Waals surface area contributed by atoms with Crippen molar-refractivity contribution >= 4 is 21.6 Å². The topological polar surface area (TPSA) is 123 Å². The van der Waals surface area contributed by atoms with Gasteiger partial charge in [0.15, 0.2) is 11.6 Å². The first-order valence-electron chi connectivity index (χ1n) is 10.5. The summed E-state index contributed by atoms with van der Waals surface area (Å²) in [6, 6.07) is 5.33. The number of carbonyl (C=O) groups excluding carboxylic acids is 1. The zero-order valence-electron chi connectivity index (χ0n) is 18.1. The molecule has 3 aromatic rings. The first kappa shape index (κ1) is 23.5. The maximum atomic E-state index is 14.7. The highest BCUT2D eigenvalue weighted by atomic mass is 32.2. The maximum Gasteiger partial charge on any atom is 0.254 e. The zero-order valence-corrected chi connectivity index (χ0v) is 18.9. The van der Waals surface area contributed by atoms with E-state index in [2.05, 4.69) is 25.0 Å². The van der Waals surface area contributed by atoms with Crippen LogP contribution in [0.15, 0.2) is 42.9 Å². The van der Waals surface area contributed by atoms with Crippen LogP contribution in [0.4, 0.5) is 14.5 Å². The molecule has 178 valence electrons. The molecule has 12 heteroatoms. The molecule has 1 aliphatic rings. The maximum absolute atomic E-state index is 14.7. The molecule has 0 spiro atoms. The van der Waals surface area contributed by atoms with Crippen LogP contribution in [0.2, 0.25) is 0 Å². The fourth-order valence-electron chi connectivity index (χ4n) is 3.15. The molecule has 2 heterocycles. The molecule has 1 saturated carbocycles. The number of hydrogen-bond acceptors (Lipinski definition) is 7. The van der Waals surface area contributed by atoms with Gasteiger partial charge < -0.3 is 10.1 Å². The van der Waals surface area contributed by atoms with Crippen molar-refractivity contribution in [2.75, 3.05) is 11.3 Å². The van der Waals surface area contributed by atoms with Crippen LogP contribution in [-0.2, 0) is 16.6 Å². The van der Waals surface area contributed by atoms with Gasteiger partial charge in [0.05, 0.1) is 53.4 Å². The second-order valence-electron chi connectivity index (χ2n) is 7.53. The Balaban J connectivity index is 1.46. The predicted molar refractivity (Wildman–Crippen MR) is 120 cm³/mol. The molecule has 0 unspecified atom stereocenters. The monoisotopic (exact) mass is 489 g/mol. The summed E-state index contributed by atoms with van der Waals surface area (Å²) in [6.45, 7) is 1.96. The van der Waals surface area contributed by atoms with Crippen molar-refractivity contribution < 1.29 is 26.7 Å². The highest BCUT2D eigenvalue weighted by Gasteiger charge is 2.35. The average Bonchev–Trinajstić information content (AvgIpc) is 3.66. The summed E-state index contributed by atoms with van der Waals surface area (Å²) in [5.74, 6) is -3.28. The number of halogens is 2. The van der Waals surface area contributed by atoms with E-state index in [1.54, 1.807) is 6.92 Å². The van der Waals surface area contributed by atoms with E-state index >= 15 is 0 Å². The Labute approximate surface area is 194 Å². The summed E-state index contributed by atoms with van der Waals surface area (Å²) in [4.78, 5) is 24.5. The predicted octanol–water partition coefficient (Wildman–Crippen LogP) is 3.05. The number of sulfonamides is 1. The summed E-state index contributed by atoms with van der Waals surface area (Å²) in [5.41, 5.74) is 0.0399. The molecule has 2 aromatic heterocycles. The van der Waals surface area contributed by atoms with E-state index in [4.69, 9.17) is 4.74 Å². The van der Waals surface area contributed by atoms with Crippen LogP contribution < -0.4 is 14.8 Å². The quantitative estimate of drug-likeness (QED) is 0.474. The van der Waals surface area contributed by atoms with Crippen molar-refractivity contribution in [1.82, 2.24) is 20.3 Å². The van der Waals surface area contributed by atoms with Crippen LogP contribution in [0.25, 0.3) is 11.3 Å².